The van der Waals surface area contributed by atoms with E-state index in [9.17, 15) is 4.79 Å². The van der Waals surface area contributed by atoms with Crippen molar-refractivity contribution in [3.05, 3.63) is 50.4 Å². The first-order chi connectivity index (χ1) is 8.00. The molecule has 0 amide bonds. The molecule has 0 aliphatic heterocycles. The van der Waals surface area contributed by atoms with Crippen LogP contribution in [-0.4, -0.2) is 15.5 Å². The van der Waals surface area contributed by atoms with Gasteiger partial charge in [0.15, 0.2) is 10.3 Å². The molecule has 0 atom stereocenters. The summed E-state index contributed by atoms with van der Waals surface area (Å²) in [6.45, 7) is 0. The normalized spacial score (nSPS) is 10.6. The van der Waals surface area contributed by atoms with E-state index in [2.05, 4.69) is 4.98 Å². The molecule has 88 valence electrons. The fourth-order valence-electron chi connectivity index (χ4n) is 1.24. The van der Waals surface area contributed by atoms with Gasteiger partial charge >= 0.3 is 0 Å². The first-order valence-corrected chi connectivity index (χ1v) is 5.91. The van der Waals surface area contributed by atoms with Gasteiger partial charge in [-0.3, -0.25) is 4.79 Å². The third-order valence-electron chi connectivity index (χ3n) is 2.04. The molecule has 0 N–H and O–H groups in total. The number of carbonyl (C=O) groups excluding carboxylic acids is 1. The van der Waals surface area contributed by atoms with Crippen molar-refractivity contribution in [2.24, 2.45) is 0 Å². The predicted octanol–water partition coefficient (Wildman–Crippen LogP) is 4.19. The fraction of sp³-hybridized carbons (Fsp3) is 0. The number of imidazole rings is 1. The van der Waals surface area contributed by atoms with E-state index in [1.807, 2.05) is 0 Å². The van der Waals surface area contributed by atoms with Crippen LogP contribution in [0.1, 0.15) is 10.4 Å². The summed E-state index contributed by atoms with van der Waals surface area (Å²) < 4.78 is 1.02. The minimum atomic E-state index is -0.420. The zero-order valence-corrected chi connectivity index (χ0v) is 11.1. The number of rotatable bonds is 1. The number of aromatic nitrogens is 2. The molecule has 0 aliphatic carbocycles. The molecule has 7 heteroatoms. The van der Waals surface area contributed by atoms with Gasteiger partial charge in [-0.2, -0.15) is 0 Å². The second kappa shape index (κ2) is 4.86. The van der Waals surface area contributed by atoms with Gasteiger partial charge in [0, 0.05) is 10.6 Å². The number of benzene rings is 1. The van der Waals surface area contributed by atoms with Crippen molar-refractivity contribution < 1.29 is 4.79 Å². The van der Waals surface area contributed by atoms with E-state index in [1.165, 1.54) is 0 Å². The Hall–Kier alpha value is -0.740. The van der Waals surface area contributed by atoms with Crippen LogP contribution in [0.5, 0.6) is 0 Å². The SMILES string of the molecule is O=C(c1ccc(Cl)cc1)n1c(Cl)nc(Cl)c1Cl. The number of hydrogen-bond acceptors (Lipinski definition) is 2. The van der Waals surface area contributed by atoms with Crippen LogP contribution in [0.4, 0.5) is 0 Å². The third-order valence-corrected chi connectivity index (χ3v) is 3.25. The number of hydrogen-bond donors (Lipinski definition) is 0. The average Bonchev–Trinajstić information content (AvgIpc) is 2.53. The Balaban J connectivity index is 2.47. The Morgan fingerprint density at radius 3 is 2.12 bits per heavy atom. The minimum absolute atomic E-state index is 0.0148. The van der Waals surface area contributed by atoms with Gasteiger partial charge in [-0.1, -0.05) is 34.8 Å². The van der Waals surface area contributed by atoms with Crippen LogP contribution in [-0.2, 0) is 0 Å². The van der Waals surface area contributed by atoms with Gasteiger partial charge in [0.25, 0.3) is 5.91 Å². The Labute approximate surface area is 117 Å². The molecule has 0 aliphatic rings. The van der Waals surface area contributed by atoms with Crippen LogP contribution in [0.2, 0.25) is 20.6 Å². The zero-order valence-electron chi connectivity index (χ0n) is 8.12. The average molecular weight is 310 g/mol. The minimum Gasteiger partial charge on any atom is -0.268 e. The topological polar surface area (TPSA) is 34.9 Å². The Bertz CT molecular complexity index is 577. The first-order valence-electron chi connectivity index (χ1n) is 4.40. The summed E-state index contributed by atoms with van der Waals surface area (Å²) in [6.07, 6.45) is 0. The molecular weight excluding hydrogens is 306 g/mol. The molecule has 0 saturated carbocycles. The summed E-state index contributed by atoms with van der Waals surface area (Å²) in [4.78, 5) is 15.8. The largest absolute Gasteiger partial charge is 0.268 e. The van der Waals surface area contributed by atoms with Crippen molar-refractivity contribution >= 4 is 52.3 Å². The molecule has 0 spiro atoms. The standard InChI is InChI=1S/C10H4Cl4N2O/c11-6-3-1-5(2-4-6)9(17)16-8(13)7(12)15-10(16)14/h1-4H. The van der Waals surface area contributed by atoms with Crippen molar-refractivity contribution in [1.29, 1.82) is 0 Å². The van der Waals surface area contributed by atoms with Crippen LogP contribution in [0.25, 0.3) is 0 Å². The van der Waals surface area contributed by atoms with Gasteiger partial charge < -0.3 is 0 Å². The van der Waals surface area contributed by atoms with Gasteiger partial charge in [-0.15, -0.1) is 0 Å². The molecule has 2 aromatic rings. The van der Waals surface area contributed by atoms with Crippen molar-refractivity contribution in [2.75, 3.05) is 0 Å². The van der Waals surface area contributed by atoms with E-state index in [0.29, 0.717) is 10.6 Å². The van der Waals surface area contributed by atoms with Crippen LogP contribution >= 0.6 is 46.4 Å². The van der Waals surface area contributed by atoms with E-state index < -0.39 is 5.91 Å². The maximum atomic E-state index is 12.1. The molecule has 1 aromatic heterocycles. The predicted molar refractivity (Wildman–Crippen MR) is 68.4 cm³/mol. The highest BCUT2D eigenvalue weighted by molar-refractivity contribution is 6.43. The van der Waals surface area contributed by atoms with Crippen LogP contribution in [0.3, 0.4) is 0 Å². The van der Waals surface area contributed by atoms with Gasteiger partial charge in [-0.25, -0.2) is 9.55 Å². The van der Waals surface area contributed by atoms with Crippen molar-refractivity contribution in [2.45, 2.75) is 0 Å². The highest BCUT2D eigenvalue weighted by Gasteiger charge is 2.19. The summed E-state index contributed by atoms with van der Waals surface area (Å²) >= 11 is 23.0. The second-order valence-electron chi connectivity index (χ2n) is 3.11. The second-order valence-corrected chi connectivity index (χ2v) is 4.60. The Kier molecular flexibility index (Phi) is 3.64. The Morgan fingerprint density at radius 2 is 1.65 bits per heavy atom. The molecular formula is C10H4Cl4N2O. The molecule has 2 rings (SSSR count). The highest BCUT2D eigenvalue weighted by Crippen LogP contribution is 2.26. The van der Waals surface area contributed by atoms with Gasteiger partial charge in [0.1, 0.15) is 0 Å². The lowest BCUT2D eigenvalue weighted by Crippen LogP contribution is -2.12. The van der Waals surface area contributed by atoms with Crippen LogP contribution in [0, 0.1) is 0 Å². The van der Waals surface area contributed by atoms with E-state index >= 15 is 0 Å². The first kappa shape index (κ1) is 12.7. The summed E-state index contributed by atoms with van der Waals surface area (Å²) in [5, 5.41) is 0.415. The quantitative estimate of drug-likeness (QED) is 0.792. The molecule has 3 nitrogen and oxygen atoms in total. The molecule has 0 radical (unpaired) electrons. The smallest absolute Gasteiger partial charge is 0.265 e. The van der Waals surface area contributed by atoms with Crippen molar-refractivity contribution in [3.8, 4) is 0 Å². The lowest BCUT2D eigenvalue weighted by atomic mass is 10.2. The lowest BCUT2D eigenvalue weighted by molar-refractivity contribution is 0.0960. The molecule has 1 heterocycles. The molecule has 1 aromatic carbocycles. The van der Waals surface area contributed by atoms with E-state index in [-0.39, 0.29) is 15.6 Å². The van der Waals surface area contributed by atoms with Crippen molar-refractivity contribution in [3.63, 3.8) is 0 Å². The van der Waals surface area contributed by atoms with Gasteiger partial charge in [-0.05, 0) is 35.9 Å². The Morgan fingerprint density at radius 1 is 1.06 bits per heavy atom. The van der Waals surface area contributed by atoms with Crippen molar-refractivity contribution in [1.82, 2.24) is 9.55 Å². The maximum absolute atomic E-state index is 12.1. The lowest BCUT2D eigenvalue weighted by Gasteiger charge is -2.04. The van der Waals surface area contributed by atoms with Crippen LogP contribution in [0.15, 0.2) is 24.3 Å². The van der Waals surface area contributed by atoms with E-state index in [4.69, 9.17) is 46.4 Å². The van der Waals surface area contributed by atoms with Gasteiger partial charge in [0.2, 0.25) is 5.28 Å². The summed E-state index contributed by atoms with van der Waals surface area (Å²) in [5.74, 6) is -0.420. The van der Waals surface area contributed by atoms with E-state index in [1.54, 1.807) is 24.3 Å². The number of carbonyl (C=O) groups is 1. The molecule has 0 fully saturated rings. The highest BCUT2D eigenvalue weighted by atomic mass is 35.5. The summed E-state index contributed by atoms with van der Waals surface area (Å²) in [6, 6.07) is 6.31. The maximum Gasteiger partial charge on any atom is 0.265 e. The number of halogens is 4. The summed E-state index contributed by atoms with van der Waals surface area (Å²) in [7, 11) is 0. The fourth-order valence-corrected chi connectivity index (χ4v) is 2.07. The molecule has 0 unspecified atom stereocenters. The molecule has 0 saturated heterocycles. The zero-order chi connectivity index (χ0) is 12.6. The third kappa shape index (κ3) is 2.43. The number of nitrogens with zero attached hydrogens (tertiary/aromatic N) is 2. The summed E-state index contributed by atoms with van der Waals surface area (Å²) in [5.41, 5.74) is 0.382. The molecule has 0 bridgehead atoms. The van der Waals surface area contributed by atoms with Crippen LogP contribution < -0.4 is 0 Å². The van der Waals surface area contributed by atoms with E-state index in [0.717, 1.165) is 4.57 Å². The molecule has 17 heavy (non-hydrogen) atoms. The monoisotopic (exact) mass is 308 g/mol. The van der Waals surface area contributed by atoms with Gasteiger partial charge in [0.05, 0.1) is 0 Å².